The molecule has 0 unspecified atom stereocenters. The van der Waals surface area contributed by atoms with Gasteiger partial charge in [-0.1, -0.05) is 49.5 Å². The third kappa shape index (κ3) is 4.51. The Morgan fingerprint density at radius 1 is 1.15 bits per heavy atom. The Kier molecular flexibility index (Phi) is 5.46. The van der Waals surface area contributed by atoms with Crippen molar-refractivity contribution in [2.45, 2.75) is 0 Å². The number of hydrogen-bond donors (Lipinski definition) is 1. The van der Waals surface area contributed by atoms with Crippen molar-refractivity contribution >= 4 is 55.1 Å². The number of hydrogen-bond acceptors (Lipinski definition) is 2. The fraction of sp³-hybridized carbons (Fsp3) is 0.0714. The Morgan fingerprint density at radius 3 is 2.60 bits per heavy atom. The maximum Gasteiger partial charge on any atom is 0.262 e. The lowest BCUT2D eigenvalue weighted by molar-refractivity contribution is -0.118. The van der Waals surface area contributed by atoms with Gasteiger partial charge in [-0.3, -0.25) is 4.79 Å². The molecule has 0 atom stereocenters. The molecule has 0 saturated heterocycles. The van der Waals surface area contributed by atoms with Crippen LogP contribution in [-0.4, -0.2) is 12.5 Å². The first-order valence-corrected chi connectivity index (χ1v) is 7.64. The van der Waals surface area contributed by atoms with Crippen LogP contribution in [0.2, 0.25) is 5.02 Å². The van der Waals surface area contributed by atoms with Crippen molar-refractivity contribution in [1.29, 1.82) is 0 Å². The molecule has 20 heavy (non-hydrogen) atoms. The van der Waals surface area contributed by atoms with E-state index >= 15 is 0 Å². The molecule has 0 aromatic heterocycles. The second-order valence-electron chi connectivity index (χ2n) is 3.92. The van der Waals surface area contributed by atoms with E-state index in [4.69, 9.17) is 16.3 Å². The Morgan fingerprint density at radius 2 is 1.90 bits per heavy atom. The summed E-state index contributed by atoms with van der Waals surface area (Å²) in [5, 5.41) is 3.16. The van der Waals surface area contributed by atoms with Crippen molar-refractivity contribution < 1.29 is 9.53 Å². The third-order valence-corrected chi connectivity index (χ3v) is 3.67. The van der Waals surface area contributed by atoms with Crippen LogP contribution < -0.4 is 10.1 Å². The fourth-order valence-electron chi connectivity index (χ4n) is 1.48. The number of amides is 1. The molecule has 0 spiro atoms. The minimum Gasteiger partial charge on any atom is -0.484 e. The van der Waals surface area contributed by atoms with Crippen LogP contribution in [0.3, 0.4) is 0 Å². The minimum atomic E-state index is -0.269. The van der Waals surface area contributed by atoms with Crippen molar-refractivity contribution in [3.05, 3.63) is 56.4 Å². The van der Waals surface area contributed by atoms with Crippen molar-refractivity contribution in [2.75, 3.05) is 11.9 Å². The summed E-state index contributed by atoms with van der Waals surface area (Å²) in [5.41, 5.74) is 0.553. The summed E-state index contributed by atoms with van der Waals surface area (Å²) >= 11 is 12.7. The fourth-order valence-corrected chi connectivity index (χ4v) is 2.58. The second kappa shape index (κ2) is 7.11. The lowest BCUT2D eigenvalue weighted by atomic mass is 10.3. The summed E-state index contributed by atoms with van der Waals surface area (Å²) < 4.78 is 7.14. The van der Waals surface area contributed by atoms with E-state index in [1.54, 1.807) is 30.3 Å². The zero-order valence-corrected chi connectivity index (χ0v) is 14.1. The maximum atomic E-state index is 11.8. The van der Waals surface area contributed by atoms with Gasteiger partial charge in [-0.15, -0.1) is 0 Å². The summed E-state index contributed by atoms with van der Waals surface area (Å²) in [6.45, 7) is -0.0805. The molecule has 104 valence electrons. The van der Waals surface area contributed by atoms with Crippen LogP contribution in [0.4, 0.5) is 5.69 Å². The molecule has 6 heteroatoms. The smallest absolute Gasteiger partial charge is 0.262 e. The number of nitrogens with one attached hydrogen (secondary N) is 1. The maximum absolute atomic E-state index is 11.8. The molecule has 2 rings (SSSR count). The first-order chi connectivity index (χ1) is 9.54. The molecule has 1 N–H and O–H groups in total. The summed E-state index contributed by atoms with van der Waals surface area (Å²) in [6, 6.07) is 12.5. The van der Waals surface area contributed by atoms with E-state index in [-0.39, 0.29) is 12.5 Å². The molecular formula is C14H10Br2ClNO2. The van der Waals surface area contributed by atoms with Gasteiger partial charge in [0.15, 0.2) is 6.61 Å². The van der Waals surface area contributed by atoms with E-state index in [0.717, 1.165) is 8.95 Å². The highest BCUT2D eigenvalue weighted by Gasteiger charge is 2.07. The molecule has 0 bridgehead atoms. The number of anilines is 1. The minimum absolute atomic E-state index is 0.0805. The average Bonchev–Trinajstić information content (AvgIpc) is 2.40. The van der Waals surface area contributed by atoms with E-state index in [0.29, 0.717) is 16.5 Å². The Balaban J connectivity index is 1.92. The Bertz CT molecular complexity index is 634. The van der Waals surface area contributed by atoms with Gasteiger partial charge in [0.2, 0.25) is 0 Å². The molecule has 2 aromatic carbocycles. The predicted molar refractivity (Wildman–Crippen MR) is 87.4 cm³/mol. The summed E-state index contributed by atoms with van der Waals surface area (Å²) in [6.07, 6.45) is 0. The first kappa shape index (κ1) is 15.4. The zero-order valence-electron chi connectivity index (χ0n) is 10.2. The van der Waals surface area contributed by atoms with E-state index in [1.165, 1.54) is 0 Å². The Labute approximate surface area is 138 Å². The lowest BCUT2D eigenvalue weighted by Gasteiger charge is -2.09. The highest BCUT2D eigenvalue weighted by Crippen LogP contribution is 2.25. The SMILES string of the molecule is O=C(COc1cccc(Br)c1)Nc1ccc(Br)cc1Cl. The topological polar surface area (TPSA) is 38.3 Å². The summed E-state index contributed by atoms with van der Waals surface area (Å²) in [4.78, 5) is 11.8. The molecule has 0 fully saturated rings. The van der Waals surface area contributed by atoms with Gasteiger partial charge in [0, 0.05) is 8.95 Å². The molecular weight excluding hydrogens is 409 g/mol. The molecule has 0 aliphatic rings. The van der Waals surface area contributed by atoms with Crippen molar-refractivity contribution in [3.63, 3.8) is 0 Å². The number of halogens is 3. The van der Waals surface area contributed by atoms with E-state index < -0.39 is 0 Å². The average molecular weight is 420 g/mol. The molecule has 0 aliphatic heterocycles. The van der Waals surface area contributed by atoms with Crippen LogP contribution in [0.1, 0.15) is 0 Å². The van der Waals surface area contributed by atoms with Gasteiger partial charge in [0.1, 0.15) is 5.75 Å². The largest absolute Gasteiger partial charge is 0.484 e. The summed E-state index contributed by atoms with van der Waals surface area (Å²) in [7, 11) is 0. The van der Waals surface area contributed by atoms with Crippen LogP contribution in [0.5, 0.6) is 5.75 Å². The van der Waals surface area contributed by atoms with Crippen LogP contribution >= 0.6 is 43.5 Å². The van der Waals surface area contributed by atoms with E-state index in [9.17, 15) is 4.79 Å². The molecule has 2 aromatic rings. The van der Waals surface area contributed by atoms with E-state index in [2.05, 4.69) is 37.2 Å². The van der Waals surface area contributed by atoms with Crippen LogP contribution in [-0.2, 0) is 4.79 Å². The van der Waals surface area contributed by atoms with Gasteiger partial charge < -0.3 is 10.1 Å². The van der Waals surface area contributed by atoms with Crippen LogP contribution in [0.25, 0.3) is 0 Å². The molecule has 0 radical (unpaired) electrons. The Hall–Kier alpha value is -1.04. The monoisotopic (exact) mass is 417 g/mol. The highest BCUT2D eigenvalue weighted by molar-refractivity contribution is 9.10. The quantitative estimate of drug-likeness (QED) is 0.767. The highest BCUT2D eigenvalue weighted by atomic mass is 79.9. The van der Waals surface area contributed by atoms with Gasteiger partial charge in [-0.25, -0.2) is 0 Å². The van der Waals surface area contributed by atoms with Gasteiger partial charge in [-0.2, -0.15) is 0 Å². The van der Waals surface area contributed by atoms with Crippen molar-refractivity contribution in [2.24, 2.45) is 0 Å². The molecule has 0 aliphatic carbocycles. The zero-order chi connectivity index (χ0) is 14.5. The standard InChI is InChI=1S/C14H10Br2ClNO2/c15-9-2-1-3-11(6-9)20-8-14(19)18-13-5-4-10(16)7-12(13)17/h1-7H,8H2,(H,18,19). The second-order valence-corrected chi connectivity index (χ2v) is 6.16. The number of benzene rings is 2. The normalized spacial score (nSPS) is 10.2. The van der Waals surface area contributed by atoms with Crippen molar-refractivity contribution in [3.8, 4) is 5.75 Å². The lowest BCUT2D eigenvalue weighted by Crippen LogP contribution is -2.20. The number of rotatable bonds is 4. The van der Waals surface area contributed by atoms with Gasteiger partial charge in [0.05, 0.1) is 10.7 Å². The number of carbonyl (C=O) groups excluding carboxylic acids is 1. The molecule has 0 saturated carbocycles. The number of carbonyl (C=O) groups is 1. The van der Waals surface area contributed by atoms with Gasteiger partial charge in [0.25, 0.3) is 5.91 Å². The third-order valence-electron chi connectivity index (χ3n) is 2.37. The van der Waals surface area contributed by atoms with E-state index in [1.807, 2.05) is 12.1 Å². The number of ether oxygens (including phenoxy) is 1. The van der Waals surface area contributed by atoms with Crippen LogP contribution in [0, 0.1) is 0 Å². The van der Waals surface area contributed by atoms with Crippen molar-refractivity contribution in [1.82, 2.24) is 0 Å². The van der Waals surface area contributed by atoms with Gasteiger partial charge in [-0.05, 0) is 36.4 Å². The summed E-state index contributed by atoms with van der Waals surface area (Å²) in [5.74, 6) is 0.352. The predicted octanol–water partition coefficient (Wildman–Crippen LogP) is 4.88. The molecule has 3 nitrogen and oxygen atoms in total. The molecule has 0 heterocycles. The molecule has 1 amide bonds. The van der Waals surface area contributed by atoms with Crippen LogP contribution in [0.15, 0.2) is 51.4 Å². The first-order valence-electron chi connectivity index (χ1n) is 5.68. The van der Waals surface area contributed by atoms with Gasteiger partial charge >= 0.3 is 0 Å².